The smallest absolute Gasteiger partial charge is 0.106 e. The number of alkyl halides is 2. The minimum Gasteiger partial charge on any atom is -0.250 e. The summed E-state index contributed by atoms with van der Waals surface area (Å²) < 4.78 is 12.1. The molecule has 1 atom stereocenters. The zero-order valence-electron chi connectivity index (χ0n) is 6.35. The van der Waals surface area contributed by atoms with Crippen molar-refractivity contribution in [3.05, 3.63) is 35.4 Å². The minimum absolute atomic E-state index is 0.150. The summed E-state index contributed by atoms with van der Waals surface area (Å²) >= 11 is 3.23. The third-order valence-corrected chi connectivity index (χ3v) is 2.35. The molecule has 0 aliphatic heterocycles. The van der Waals surface area contributed by atoms with Crippen LogP contribution in [-0.2, 0) is 0 Å². The van der Waals surface area contributed by atoms with Crippen LogP contribution in [0.4, 0.5) is 4.39 Å². The Balaban J connectivity index is 2.81. The van der Waals surface area contributed by atoms with Crippen LogP contribution in [0.1, 0.15) is 16.0 Å². The van der Waals surface area contributed by atoms with E-state index < -0.39 is 0 Å². The molecular weight excluding hydrogens is 207 g/mol. The lowest BCUT2D eigenvalue weighted by Gasteiger charge is -2.04. The highest BCUT2D eigenvalue weighted by Gasteiger charge is 2.04. The Labute approximate surface area is 74.6 Å². The van der Waals surface area contributed by atoms with Crippen LogP contribution in [0.3, 0.4) is 0 Å². The maximum atomic E-state index is 12.1. The van der Waals surface area contributed by atoms with E-state index in [4.69, 9.17) is 0 Å². The Hall–Kier alpha value is -0.370. The molecule has 1 rings (SSSR count). The summed E-state index contributed by atoms with van der Waals surface area (Å²) in [6.45, 7) is 1.66. The lowest BCUT2D eigenvalue weighted by molar-refractivity contribution is 0.493. The second-order valence-electron chi connectivity index (χ2n) is 2.53. The quantitative estimate of drug-likeness (QED) is 0.666. The molecule has 0 bridgehead atoms. The summed E-state index contributed by atoms with van der Waals surface area (Å²) in [5, 5.41) is 0. The van der Waals surface area contributed by atoms with Crippen LogP contribution in [0.2, 0.25) is 0 Å². The van der Waals surface area contributed by atoms with Crippen molar-refractivity contribution in [1.29, 1.82) is 0 Å². The van der Waals surface area contributed by atoms with Gasteiger partial charge in [0.15, 0.2) is 0 Å². The molecule has 0 spiro atoms. The fourth-order valence-corrected chi connectivity index (χ4v) is 1.17. The summed E-state index contributed by atoms with van der Waals surface area (Å²) in [4.78, 5) is -0.150. The van der Waals surface area contributed by atoms with Gasteiger partial charge in [-0.2, -0.15) is 0 Å². The predicted molar refractivity (Wildman–Crippen MR) is 48.8 cm³/mol. The molecule has 11 heavy (non-hydrogen) atoms. The zero-order valence-corrected chi connectivity index (χ0v) is 7.94. The van der Waals surface area contributed by atoms with E-state index in [0.717, 1.165) is 5.56 Å². The normalized spacial score (nSPS) is 13.0. The largest absolute Gasteiger partial charge is 0.250 e. The number of aryl methyl sites for hydroxylation is 1. The molecule has 0 aliphatic carbocycles. The number of halogens is 2. The SMILES string of the molecule is Cc1ccc(C(Br)CF)cc1. The van der Waals surface area contributed by atoms with Crippen LogP contribution in [-0.4, -0.2) is 6.67 Å². The van der Waals surface area contributed by atoms with Gasteiger partial charge in [-0.3, -0.25) is 0 Å². The van der Waals surface area contributed by atoms with Crippen molar-refractivity contribution in [1.82, 2.24) is 0 Å². The molecule has 0 aliphatic rings. The number of hydrogen-bond donors (Lipinski definition) is 0. The van der Waals surface area contributed by atoms with Crippen molar-refractivity contribution in [2.45, 2.75) is 11.8 Å². The maximum Gasteiger partial charge on any atom is 0.106 e. The zero-order chi connectivity index (χ0) is 8.27. The van der Waals surface area contributed by atoms with Crippen LogP contribution < -0.4 is 0 Å². The Bertz CT molecular complexity index is 218. The Morgan fingerprint density at radius 1 is 1.36 bits per heavy atom. The molecule has 60 valence electrons. The van der Waals surface area contributed by atoms with Crippen LogP contribution in [0.5, 0.6) is 0 Å². The van der Waals surface area contributed by atoms with Crippen LogP contribution in [0.15, 0.2) is 24.3 Å². The fourth-order valence-electron chi connectivity index (χ4n) is 0.864. The molecule has 0 aromatic heterocycles. The van der Waals surface area contributed by atoms with Gasteiger partial charge in [-0.05, 0) is 12.5 Å². The van der Waals surface area contributed by atoms with Crippen molar-refractivity contribution in [3.63, 3.8) is 0 Å². The average molecular weight is 217 g/mol. The lowest BCUT2D eigenvalue weighted by atomic mass is 10.1. The van der Waals surface area contributed by atoms with E-state index in [2.05, 4.69) is 15.9 Å². The van der Waals surface area contributed by atoms with Gasteiger partial charge in [0.05, 0.1) is 4.83 Å². The van der Waals surface area contributed by atoms with Crippen molar-refractivity contribution < 1.29 is 4.39 Å². The summed E-state index contributed by atoms with van der Waals surface area (Å²) in [7, 11) is 0. The van der Waals surface area contributed by atoms with E-state index in [1.165, 1.54) is 5.56 Å². The van der Waals surface area contributed by atoms with Gasteiger partial charge >= 0.3 is 0 Å². The van der Waals surface area contributed by atoms with Gasteiger partial charge in [-0.25, -0.2) is 4.39 Å². The van der Waals surface area contributed by atoms with Crippen molar-refractivity contribution in [2.75, 3.05) is 6.67 Å². The number of benzene rings is 1. The fraction of sp³-hybridized carbons (Fsp3) is 0.333. The lowest BCUT2D eigenvalue weighted by Crippen LogP contribution is -1.90. The van der Waals surface area contributed by atoms with E-state index >= 15 is 0 Å². The van der Waals surface area contributed by atoms with E-state index in [-0.39, 0.29) is 11.5 Å². The van der Waals surface area contributed by atoms with Crippen LogP contribution in [0.25, 0.3) is 0 Å². The summed E-state index contributed by atoms with van der Waals surface area (Å²) in [6, 6.07) is 7.85. The van der Waals surface area contributed by atoms with E-state index in [0.29, 0.717) is 0 Å². The maximum absolute atomic E-state index is 12.1. The standard InChI is InChI=1S/C9H10BrF/c1-7-2-4-8(5-3-7)9(10)6-11/h2-5,9H,6H2,1H3. The van der Waals surface area contributed by atoms with Crippen LogP contribution in [0, 0.1) is 6.92 Å². The second kappa shape index (κ2) is 3.86. The molecule has 0 fully saturated rings. The highest BCUT2D eigenvalue weighted by molar-refractivity contribution is 9.09. The van der Waals surface area contributed by atoms with Crippen LogP contribution >= 0.6 is 15.9 Å². The van der Waals surface area contributed by atoms with E-state index in [1.54, 1.807) is 0 Å². The second-order valence-corrected chi connectivity index (χ2v) is 3.64. The van der Waals surface area contributed by atoms with E-state index in [1.807, 2.05) is 31.2 Å². The topological polar surface area (TPSA) is 0 Å². The number of hydrogen-bond acceptors (Lipinski definition) is 0. The average Bonchev–Trinajstić information content (AvgIpc) is 2.05. The first kappa shape index (κ1) is 8.72. The Kier molecular flexibility index (Phi) is 3.06. The first-order valence-corrected chi connectivity index (χ1v) is 4.42. The molecule has 0 heterocycles. The summed E-state index contributed by atoms with van der Waals surface area (Å²) in [6.07, 6.45) is 0. The van der Waals surface area contributed by atoms with Crippen molar-refractivity contribution >= 4 is 15.9 Å². The molecule has 0 saturated carbocycles. The molecule has 1 aromatic carbocycles. The van der Waals surface area contributed by atoms with Gasteiger partial charge in [0.2, 0.25) is 0 Å². The van der Waals surface area contributed by atoms with Gasteiger partial charge in [-0.1, -0.05) is 45.8 Å². The van der Waals surface area contributed by atoms with Gasteiger partial charge in [-0.15, -0.1) is 0 Å². The van der Waals surface area contributed by atoms with Gasteiger partial charge in [0.1, 0.15) is 6.67 Å². The molecule has 1 aromatic rings. The summed E-state index contributed by atoms with van der Waals surface area (Å²) in [5.74, 6) is 0. The van der Waals surface area contributed by atoms with Gasteiger partial charge < -0.3 is 0 Å². The highest BCUT2D eigenvalue weighted by atomic mass is 79.9. The molecule has 0 radical (unpaired) electrons. The molecule has 0 N–H and O–H groups in total. The molecular formula is C9H10BrF. The molecule has 1 unspecified atom stereocenters. The predicted octanol–water partition coefficient (Wildman–Crippen LogP) is 3.40. The third-order valence-electron chi connectivity index (χ3n) is 1.57. The van der Waals surface area contributed by atoms with E-state index in [9.17, 15) is 4.39 Å². The molecule has 0 nitrogen and oxygen atoms in total. The minimum atomic E-state index is -0.358. The Morgan fingerprint density at radius 3 is 2.36 bits per heavy atom. The van der Waals surface area contributed by atoms with Gasteiger partial charge in [0, 0.05) is 0 Å². The molecule has 2 heteroatoms. The summed E-state index contributed by atoms with van der Waals surface area (Å²) in [5.41, 5.74) is 2.20. The monoisotopic (exact) mass is 216 g/mol. The molecule has 0 saturated heterocycles. The number of rotatable bonds is 2. The van der Waals surface area contributed by atoms with Crippen molar-refractivity contribution in [2.24, 2.45) is 0 Å². The first-order valence-electron chi connectivity index (χ1n) is 3.50. The Morgan fingerprint density at radius 2 is 1.91 bits per heavy atom. The van der Waals surface area contributed by atoms with Crippen molar-refractivity contribution in [3.8, 4) is 0 Å². The van der Waals surface area contributed by atoms with Gasteiger partial charge in [0.25, 0.3) is 0 Å². The first-order chi connectivity index (χ1) is 5.24. The highest BCUT2D eigenvalue weighted by Crippen LogP contribution is 2.22. The molecule has 0 amide bonds. The third kappa shape index (κ3) is 2.29.